The molecule has 1 atom stereocenters. The van der Waals surface area contributed by atoms with E-state index in [1.54, 1.807) is 20.8 Å². The van der Waals surface area contributed by atoms with E-state index in [2.05, 4.69) is 5.73 Å². The van der Waals surface area contributed by atoms with Gasteiger partial charge in [0.1, 0.15) is 0 Å². The Morgan fingerprint density at radius 1 is 1.36 bits per heavy atom. The summed E-state index contributed by atoms with van der Waals surface area (Å²) in [7, 11) is -2.90. The molecule has 0 amide bonds. The first kappa shape index (κ1) is 11.1. The summed E-state index contributed by atoms with van der Waals surface area (Å²) in [6.45, 7) is 6.10. The SMILES string of the molecule is CCOP(=O)(OCC)[C@H](C)[NH3+]. The first-order chi connectivity index (χ1) is 5.06. The van der Waals surface area contributed by atoms with Crippen LogP contribution in [0.15, 0.2) is 0 Å². The molecule has 0 aromatic rings. The van der Waals surface area contributed by atoms with E-state index in [0.717, 1.165) is 0 Å². The lowest BCUT2D eigenvalue weighted by atomic mass is 10.8. The second kappa shape index (κ2) is 4.88. The van der Waals surface area contributed by atoms with Crippen molar-refractivity contribution in [3.05, 3.63) is 0 Å². The Morgan fingerprint density at radius 3 is 1.91 bits per heavy atom. The fourth-order valence-electron chi connectivity index (χ4n) is 0.652. The van der Waals surface area contributed by atoms with Crippen molar-refractivity contribution >= 4 is 7.60 Å². The molecule has 0 aromatic carbocycles. The van der Waals surface area contributed by atoms with Gasteiger partial charge in [0.25, 0.3) is 0 Å². The summed E-state index contributed by atoms with van der Waals surface area (Å²) in [5.74, 6) is -0.303. The van der Waals surface area contributed by atoms with E-state index in [9.17, 15) is 4.57 Å². The Balaban J connectivity index is 4.14. The molecule has 0 unspecified atom stereocenters. The third-order valence-corrected chi connectivity index (χ3v) is 3.47. The third-order valence-electron chi connectivity index (χ3n) is 1.16. The second-order valence-electron chi connectivity index (χ2n) is 2.22. The molecule has 4 nitrogen and oxygen atoms in total. The molecule has 0 saturated heterocycles. The summed E-state index contributed by atoms with van der Waals surface area (Å²) in [6.07, 6.45) is 0. The van der Waals surface area contributed by atoms with Crippen LogP contribution < -0.4 is 5.73 Å². The summed E-state index contributed by atoms with van der Waals surface area (Å²) in [5, 5.41) is 0. The lowest BCUT2D eigenvalue weighted by Crippen LogP contribution is -2.59. The minimum atomic E-state index is -2.90. The minimum Gasteiger partial charge on any atom is -0.345 e. The molecule has 0 saturated carbocycles. The summed E-state index contributed by atoms with van der Waals surface area (Å²) in [5.41, 5.74) is 3.63. The van der Waals surface area contributed by atoms with Gasteiger partial charge in [0.2, 0.25) is 0 Å². The van der Waals surface area contributed by atoms with Crippen molar-refractivity contribution in [2.75, 3.05) is 13.2 Å². The molecule has 0 fully saturated rings. The Hall–Kier alpha value is 0.110. The zero-order valence-corrected chi connectivity index (χ0v) is 8.27. The van der Waals surface area contributed by atoms with Gasteiger partial charge < -0.3 is 14.8 Å². The molecule has 5 heteroatoms. The Bertz CT molecular complexity index is 139. The first-order valence-electron chi connectivity index (χ1n) is 3.78. The van der Waals surface area contributed by atoms with E-state index < -0.39 is 7.60 Å². The summed E-state index contributed by atoms with van der Waals surface area (Å²) < 4.78 is 21.6. The van der Waals surface area contributed by atoms with E-state index in [-0.39, 0.29) is 5.78 Å². The topological polar surface area (TPSA) is 63.2 Å². The number of rotatable bonds is 5. The van der Waals surface area contributed by atoms with Crippen molar-refractivity contribution in [3.8, 4) is 0 Å². The van der Waals surface area contributed by atoms with E-state index >= 15 is 0 Å². The molecule has 11 heavy (non-hydrogen) atoms. The van der Waals surface area contributed by atoms with Crippen molar-refractivity contribution in [2.45, 2.75) is 26.6 Å². The van der Waals surface area contributed by atoms with Crippen LogP contribution >= 0.6 is 7.60 Å². The van der Waals surface area contributed by atoms with Crippen LogP contribution in [0, 0.1) is 0 Å². The second-order valence-corrected chi connectivity index (χ2v) is 4.70. The molecular weight excluding hydrogens is 165 g/mol. The van der Waals surface area contributed by atoms with Crippen molar-refractivity contribution in [1.29, 1.82) is 0 Å². The highest BCUT2D eigenvalue weighted by Crippen LogP contribution is 2.49. The third kappa shape index (κ3) is 3.34. The molecule has 0 aliphatic heterocycles. The monoisotopic (exact) mass is 182 g/mol. The lowest BCUT2D eigenvalue weighted by molar-refractivity contribution is -0.388. The quantitative estimate of drug-likeness (QED) is 0.641. The highest BCUT2D eigenvalue weighted by molar-refractivity contribution is 7.54. The molecule has 0 rings (SSSR count). The number of hydrogen-bond donors (Lipinski definition) is 1. The van der Waals surface area contributed by atoms with Gasteiger partial charge in [-0.3, -0.25) is 4.57 Å². The normalized spacial score (nSPS) is 14.9. The average Bonchev–Trinajstić information content (AvgIpc) is 1.88. The predicted molar refractivity (Wildman–Crippen MR) is 43.2 cm³/mol. The Morgan fingerprint density at radius 2 is 1.73 bits per heavy atom. The van der Waals surface area contributed by atoms with Gasteiger partial charge in [0, 0.05) is 0 Å². The van der Waals surface area contributed by atoms with Crippen molar-refractivity contribution < 1.29 is 19.3 Å². The van der Waals surface area contributed by atoms with Crippen molar-refractivity contribution in [2.24, 2.45) is 0 Å². The summed E-state index contributed by atoms with van der Waals surface area (Å²) in [6, 6.07) is 0. The van der Waals surface area contributed by atoms with Crippen LogP contribution in [0.4, 0.5) is 0 Å². The van der Waals surface area contributed by atoms with Crippen molar-refractivity contribution in [3.63, 3.8) is 0 Å². The largest absolute Gasteiger partial charge is 0.387 e. The van der Waals surface area contributed by atoms with Crippen LogP contribution in [0.5, 0.6) is 0 Å². The molecule has 0 radical (unpaired) electrons. The highest BCUT2D eigenvalue weighted by Gasteiger charge is 2.31. The molecule has 0 aromatic heterocycles. The molecule has 0 aliphatic carbocycles. The maximum atomic E-state index is 11.6. The molecule has 3 N–H and O–H groups in total. The summed E-state index contributed by atoms with van der Waals surface area (Å²) >= 11 is 0. The fraction of sp³-hybridized carbons (Fsp3) is 1.00. The number of quaternary nitrogens is 1. The zero-order chi connectivity index (χ0) is 8.91. The van der Waals surface area contributed by atoms with Crippen LogP contribution in [0.3, 0.4) is 0 Å². The molecule has 0 aliphatic rings. The van der Waals surface area contributed by atoms with Gasteiger partial charge in [-0.15, -0.1) is 0 Å². The van der Waals surface area contributed by atoms with Crippen LogP contribution in [0.1, 0.15) is 20.8 Å². The van der Waals surface area contributed by atoms with Gasteiger partial charge in [0.05, 0.1) is 13.2 Å². The van der Waals surface area contributed by atoms with Gasteiger partial charge in [-0.1, -0.05) is 0 Å². The zero-order valence-electron chi connectivity index (χ0n) is 7.37. The van der Waals surface area contributed by atoms with E-state index in [1.807, 2.05) is 0 Å². The first-order valence-corrected chi connectivity index (χ1v) is 5.39. The average molecular weight is 182 g/mol. The van der Waals surface area contributed by atoms with Gasteiger partial charge in [-0.2, -0.15) is 0 Å². The van der Waals surface area contributed by atoms with E-state index in [1.165, 1.54) is 0 Å². The number of hydrogen-bond acceptors (Lipinski definition) is 3. The minimum absolute atomic E-state index is 0.303. The molecule has 0 heterocycles. The Labute approximate surface area is 67.6 Å². The van der Waals surface area contributed by atoms with Gasteiger partial charge in [-0.25, -0.2) is 0 Å². The van der Waals surface area contributed by atoms with E-state index in [4.69, 9.17) is 9.05 Å². The molecule has 0 spiro atoms. The van der Waals surface area contributed by atoms with Crippen molar-refractivity contribution in [1.82, 2.24) is 0 Å². The van der Waals surface area contributed by atoms with E-state index in [0.29, 0.717) is 13.2 Å². The maximum absolute atomic E-state index is 11.6. The maximum Gasteiger partial charge on any atom is 0.387 e. The van der Waals surface area contributed by atoms with Gasteiger partial charge in [0.15, 0.2) is 5.78 Å². The summed E-state index contributed by atoms with van der Waals surface area (Å²) in [4.78, 5) is 0. The predicted octanol–water partition coefficient (Wildman–Crippen LogP) is 0.840. The molecule has 68 valence electrons. The van der Waals surface area contributed by atoms with Crippen LogP contribution in [-0.4, -0.2) is 19.0 Å². The lowest BCUT2D eigenvalue weighted by Gasteiger charge is -2.17. The fourth-order valence-corrected chi connectivity index (χ4v) is 1.95. The van der Waals surface area contributed by atoms with Gasteiger partial charge >= 0.3 is 7.60 Å². The smallest absolute Gasteiger partial charge is 0.345 e. The Kier molecular flexibility index (Phi) is 4.93. The van der Waals surface area contributed by atoms with Crippen LogP contribution in [0.25, 0.3) is 0 Å². The highest BCUT2D eigenvalue weighted by atomic mass is 31.2. The molecular formula is C6H17NO3P+. The standard InChI is InChI=1S/C6H16NO3P/c1-4-9-11(8,6(3)7)10-5-2/h6H,4-5,7H2,1-3H3/p+1/t6-/m1/s1. The molecule has 0 bridgehead atoms. The van der Waals surface area contributed by atoms with Gasteiger partial charge in [-0.05, 0) is 20.8 Å². The van der Waals surface area contributed by atoms with Crippen LogP contribution in [0.2, 0.25) is 0 Å². The van der Waals surface area contributed by atoms with Crippen LogP contribution in [-0.2, 0) is 13.6 Å².